The van der Waals surface area contributed by atoms with Crippen molar-refractivity contribution in [3.63, 3.8) is 0 Å². The zero-order valence-corrected chi connectivity index (χ0v) is 11.2. The molecule has 1 heterocycles. The summed E-state index contributed by atoms with van der Waals surface area (Å²) < 4.78 is 0.816. The lowest BCUT2D eigenvalue weighted by Gasteiger charge is -2.03. The minimum absolute atomic E-state index is 0.326. The van der Waals surface area contributed by atoms with Crippen molar-refractivity contribution in [2.75, 3.05) is 5.32 Å². The van der Waals surface area contributed by atoms with Crippen LogP contribution in [0.3, 0.4) is 0 Å². The highest BCUT2D eigenvalue weighted by atomic mass is 35.5. The van der Waals surface area contributed by atoms with Crippen molar-refractivity contribution in [3.05, 3.63) is 50.1 Å². The maximum atomic E-state index is 11.9. The molecule has 1 aromatic carbocycles. The Morgan fingerprint density at radius 2 is 1.94 bits per heavy atom. The van der Waals surface area contributed by atoms with Crippen LogP contribution in [0.1, 0.15) is 15.9 Å². The SMILES string of the molecule is N#Cc1ccc(NC(=O)c2cc(Cl)sc2Cl)cc1. The molecule has 2 aromatic rings. The minimum Gasteiger partial charge on any atom is -0.322 e. The average Bonchev–Trinajstić information content (AvgIpc) is 2.69. The number of rotatable bonds is 2. The predicted octanol–water partition coefficient (Wildman–Crippen LogP) is 4.18. The monoisotopic (exact) mass is 296 g/mol. The van der Waals surface area contributed by atoms with Gasteiger partial charge in [0.15, 0.2) is 0 Å². The van der Waals surface area contributed by atoms with Crippen LogP contribution in [-0.4, -0.2) is 5.91 Å². The molecule has 0 aliphatic rings. The number of amides is 1. The standard InChI is InChI=1S/C12H6Cl2N2OS/c13-10-5-9(11(14)18-10)12(17)16-8-3-1-7(6-15)2-4-8/h1-5H,(H,16,17). The van der Waals surface area contributed by atoms with E-state index in [9.17, 15) is 4.79 Å². The van der Waals surface area contributed by atoms with Crippen molar-refractivity contribution < 1.29 is 4.79 Å². The van der Waals surface area contributed by atoms with Crippen molar-refractivity contribution in [2.24, 2.45) is 0 Å². The van der Waals surface area contributed by atoms with Crippen molar-refractivity contribution in [1.29, 1.82) is 5.26 Å². The van der Waals surface area contributed by atoms with Gasteiger partial charge in [-0.25, -0.2) is 0 Å². The number of hydrogen-bond acceptors (Lipinski definition) is 3. The summed E-state index contributed by atoms with van der Waals surface area (Å²) in [5.74, 6) is -0.326. The fourth-order valence-electron chi connectivity index (χ4n) is 1.32. The summed E-state index contributed by atoms with van der Waals surface area (Å²) in [7, 11) is 0. The van der Waals surface area contributed by atoms with Crippen molar-refractivity contribution in [3.8, 4) is 6.07 Å². The first-order valence-electron chi connectivity index (χ1n) is 4.86. The maximum Gasteiger partial charge on any atom is 0.258 e. The third-order valence-electron chi connectivity index (χ3n) is 2.17. The van der Waals surface area contributed by atoms with Gasteiger partial charge in [-0.05, 0) is 30.3 Å². The molecule has 1 aromatic heterocycles. The van der Waals surface area contributed by atoms with E-state index in [1.807, 2.05) is 6.07 Å². The highest BCUT2D eigenvalue weighted by Gasteiger charge is 2.14. The molecule has 18 heavy (non-hydrogen) atoms. The molecule has 6 heteroatoms. The van der Waals surface area contributed by atoms with E-state index in [-0.39, 0.29) is 5.91 Å². The normalized spacial score (nSPS) is 9.83. The van der Waals surface area contributed by atoms with Crippen LogP contribution in [0.15, 0.2) is 30.3 Å². The Bertz CT molecular complexity index is 629. The molecule has 0 aliphatic heterocycles. The lowest BCUT2D eigenvalue weighted by molar-refractivity contribution is 0.102. The molecule has 1 amide bonds. The Hall–Kier alpha value is -1.54. The Kier molecular flexibility index (Phi) is 3.87. The first-order valence-corrected chi connectivity index (χ1v) is 6.44. The molecule has 0 atom stereocenters. The summed E-state index contributed by atoms with van der Waals surface area (Å²) in [6.07, 6.45) is 0. The Balaban J connectivity index is 2.16. The fraction of sp³-hybridized carbons (Fsp3) is 0. The van der Waals surface area contributed by atoms with E-state index in [1.54, 1.807) is 24.3 Å². The fourth-order valence-corrected chi connectivity index (χ4v) is 2.78. The lowest BCUT2D eigenvalue weighted by atomic mass is 10.2. The predicted molar refractivity (Wildman–Crippen MR) is 73.4 cm³/mol. The third-order valence-corrected chi connectivity index (χ3v) is 3.66. The number of thiophene rings is 1. The summed E-state index contributed by atoms with van der Waals surface area (Å²) in [6, 6.07) is 10.1. The van der Waals surface area contributed by atoms with Gasteiger partial charge in [0, 0.05) is 5.69 Å². The van der Waals surface area contributed by atoms with Crippen LogP contribution in [0.5, 0.6) is 0 Å². The van der Waals surface area contributed by atoms with Crippen LogP contribution in [0, 0.1) is 11.3 Å². The zero-order valence-electron chi connectivity index (χ0n) is 8.91. The topological polar surface area (TPSA) is 52.9 Å². The Labute approximate surface area is 118 Å². The van der Waals surface area contributed by atoms with Crippen molar-refractivity contribution in [2.45, 2.75) is 0 Å². The number of carbonyl (C=O) groups is 1. The molecule has 0 aliphatic carbocycles. The molecule has 0 radical (unpaired) electrons. The number of carbonyl (C=O) groups excluding carboxylic acids is 1. The largest absolute Gasteiger partial charge is 0.322 e. The van der Waals surface area contributed by atoms with Gasteiger partial charge in [0.2, 0.25) is 0 Å². The van der Waals surface area contributed by atoms with Gasteiger partial charge in [-0.2, -0.15) is 5.26 Å². The van der Waals surface area contributed by atoms with Gasteiger partial charge >= 0.3 is 0 Å². The molecule has 0 saturated carbocycles. The number of hydrogen-bond donors (Lipinski definition) is 1. The highest BCUT2D eigenvalue weighted by molar-refractivity contribution is 7.20. The summed E-state index contributed by atoms with van der Waals surface area (Å²) >= 11 is 12.8. The van der Waals surface area contributed by atoms with Crippen LogP contribution in [0.4, 0.5) is 5.69 Å². The number of nitrogens with one attached hydrogen (secondary N) is 1. The smallest absolute Gasteiger partial charge is 0.258 e. The first-order chi connectivity index (χ1) is 8.60. The molecular formula is C12H6Cl2N2OS. The lowest BCUT2D eigenvalue weighted by Crippen LogP contribution is -2.11. The van der Waals surface area contributed by atoms with Crippen LogP contribution in [-0.2, 0) is 0 Å². The van der Waals surface area contributed by atoms with E-state index in [4.69, 9.17) is 28.5 Å². The molecular weight excluding hydrogens is 291 g/mol. The number of halogens is 2. The van der Waals surface area contributed by atoms with E-state index in [1.165, 1.54) is 6.07 Å². The first kappa shape index (κ1) is 12.9. The van der Waals surface area contributed by atoms with Crippen molar-refractivity contribution >= 4 is 46.1 Å². The van der Waals surface area contributed by atoms with Gasteiger partial charge in [0.05, 0.1) is 21.5 Å². The van der Waals surface area contributed by atoms with Gasteiger partial charge < -0.3 is 5.32 Å². The number of nitrogens with zero attached hydrogens (tertiary/aromatic N) is 1. The van der Waals surface area contributed by atoms with E-state index in [0.717, 1.165) is 11.3 Å². The Morgan fingerprint density at radius 3 is 2.44 bits per heavy atom. The minimum atomic E-state index is -0.326. The average molecular weight is 297 g/mol. The van der Waals surface area contributed by atoms with Gasteiger partial charge in [-0.1, -0.05) is 23.2 Å². The second kappa shape index (κ2) is 5.40. The summed E-state index contributed by atoms with van der Waals surface area (Å²) in [5.41, 5.74) is 1.47. The number of nitriles is 1. The molecule has 0 bridgehead atoms. The Morgan fingerprint density at radius 1 is 1.28 bits per heavy atom. The van der Waals surface area contributed by atoms with E-state index in [2.05, 4.69) is 5.32 Å². The highest BCUT2D eigenvalue weighted by Crippen LogP contribution is 2.31. The molecule has 0 fully saturated rings. The summed E-state index contributed by atoms with van der Waals surface area (Å²) in [4.78, 5) is 11.9. The molecule has 90 valence electrons. The molecule has 2 rings (SSSR count). The van der Waals surface area contributed by atoms with Gasteiger partial charge in [0.1, 0.15) is 4.34 Å². The van der Waals surface area contributed by atoms with Crippen LogP contribution >= 0.6 is 34.5 Å². The van der Waals surface area contributed by atoms with Gasteiger partial charge in [-0.15, -0.1) is 11.3 Å². The summed E-state index contributed by atoms with van der Waals surface area (Å²) in [6.45, 7) is 0. The maximum absolute atomic E-state index is 11.9. The van der Waals surface area contributed by atoms with Crippen LogP contribution in [0.25, 0.3) is 0 Å². The second-order valence-corrected chi connectivity index (χ2v) is 5.67. The zero-order chi connectivity index (χ0) is 13.1. The van der Waals surface area contributed by atoms with Crippen LogP contribution < -0.4 is 5.32 Å². The molecule has 0 spiro atoms. The van der Waals surface area contributed by atoms with E-state index in [0.29, 0.717) is 25.5 Å². The molecule has 1 N–H and O–H groups in total. The quantitative estimate of drug-likeness (QED) is 0.904. The second-order valence-electron chi connectivity index (χ2n) is 3.38. The van der Waals surface area contributed by atoms with E-state index >= 15 is 0 Å². The van der Waals surface area contributed by atoms with Gasteiger partial charge in [-0.3, -0.25) is 4.79 Å². The van der Waals surface area contributed by atoms with Gasteiger partial charge in [0.25, 0.3) is 5.91 Å². The van der Waals surface area contributed by atoms with E-state index < -0.39 is 0 Å². The third kappa shape index (κ3) is 2.82. The molecule has 0 saturated heterocycles. The van der Waals surface area contributed by atoms with Crippen LogP contribution in [0.2, 0.25) is 8.67 Å². The molecule has 0 unspecified atom stereocenters. The molecule has 3 nitrogen and oxygen atoms in total. The number of anilines is 1. The number of benzene rings is 1. The summed E-state index contributed by atoms with van der Waals surface area (Å²) in [5, 5.41) is 11.3. The van der Waals surface area contributed by atoms with Crippen molar-refractivity contribution in [1.82, 2.24) is 0 Å².